The van der Waals surface area contributed by atoms with Crippen LogP contribution in [0.5, 0.6) is 0 Å². The van der Waals surface area contributed by atoms with E-state index in [1.807, 2.05) is 4.57 Å². The zero-order chi connectivity index (χ0) is 9.42. The van der Waals surface area contributed by atoms with Crippen LogP contribution in [0, 0.1) is 6.92 Å². The van der Waals surface area contributed by atoms with Crippen molar-refractivity contribution in [3.63, 3.8) is 0 Å². The fraction of sp³-hybridized carbons (Fsp3) is 0.556. The van der Waals surface area contributed by atoms with Crippen LogP contribution in [-0.2, 0) is 13.0 Å². The number of imidazole rings is 1. The van der Waals surface area contributed by atoms with Gasteiger partial charge in [-0.3, -0.25) is 0 Å². The zero-order valence-corrected chi connectivity index (χ0v) is 8.54. The summed E-state index contributed by atoms with van der Waals surface area (Å²) in [6, 6.07) is 0. The van der Waals surface area contributed by atoms with Crippen LogP contribution in [0.25, 0.3) is 0 Å². The third-order valence-corrected chi connectivity index (χ3v) is 2.53. The summed E-state index contributed by atoms with van der Waals surface area (Å²) in [6.07, 6.45) is 3.09. The van der Waals surface area contributed by atoms with Crippen molar-refractivity contribution in [2.24, 2.45) is 0 Å². The van der Waals surface area contributed by atoms with Gasteiger partial charge in [0.15, 0.2) is 0 Å². The molecule has 0 aliphatic carbocycles. The van der Waals surface area contributed by atoms with Crippen molar-refractivity contribution < 1.29 is 28.8 Å². The SMILES string of the molecule is Cc1c(C(=O)[O-])nc2n1CCCC2.[Li+]. The van der Waals surface area contributed by atoms with Crippen LogP contribution >= 0.6 is 0 Å². The first-order valence-corrected chi connectivity index (χ1v) is 4.47. The van der Waals surface area contributed by atoms with E-state index in [0.717, 1.165) is 37.3 Å². The number of aromatic nitrogens is 2. The van der Waals surface area contributed by atoms with E-state index in [2.05, 4.69) is 4.98 Å². The van der Waals surface area contributed by atoms with E-state index in [9.17, 15) is 9.90 Å². The molecule has 70 valence electrons. The molecule has 0 N–H and O–H groups in total. The second kappa shape index (κ2) is 4.20. The molecular formula is C9H11LiN2O2. The molecule has 1 aromatic rings. The number of aryl methyl sites for hydroxylation is 1. The Balaban J connectivity index is 0.000000980. The van der Waals surface area contributed by atoms with Crippen molar-refractivity contribution in [2.45, 2.75) is 32.7 Å². The standard InChI is InChI=1S/C9H12N2O2.Li/c1-6-8(9(12)13)10-7-4-2-3-5-11(6)7;/h2-5H2,1H3,(H,12,13);/q;+1/p-1. The van der Waals surface area contributed by atoms with E-state index in [0.29, 0.717) is 0 Å². The van der Waals surface area contributed by atoms with Crippen molar-refractivity contribution in [1.82, 2.24) is 9.55 Å². The molecule has 0 bridgehead atoms. The smallest absolute Gasteiger partial charge is 0.543 e. The summed E-state index contributed by atoms with van der Waals surface area (Å²) < 4.78 is 1.98. The summed E-state index contributed by atoms with van der Waals surface area (Å²) in [6.45, 7) is 2.68. The molecule has 0 unspecified atom stereocenters. The van der Waals surface area contributed by atoms with Crippen LogP contribution < -0.4 is 24.0 Å². The minimum Gasteiger partial charge on any atom is -0.543 e. The summed E-state index contributed by atoms with van der Waals surface area (Å²) >= 11 is 0. The minimum atomic E-state index is -1.17. The molecule has 0 radical (unpaired) electrons. The number of hydrogen-bond donors (Lipinski definition) is 0. The summed E-state index contributed by atoms with van der Waals surface area (Å²) in [4.78, 5) is 14.7. The topological polar surface area (TPSA) is 57.9 Å². The molecule has 14 heavy (non-hydrogen) atoms. The number of carbonyl (C=O) groups is 1. The molecule has 2 rings (SSSR count). The van der Waals surface area contributed by atoms with Gasteiger partial charge in [-0.1, -0.05) is 0 Å². The zero-order valence-electron chi connectivity index (χ0n) is 8.54. The first-order chi connectivity index (χ1) is 6.20. The Hall–Kier alpha value is -0.723. The van der Waals surface area contributed by atoms with Gasteiger partial charge in [0.1, 0.15) is 11.5 Å². The molecule has 0 fully saturated rings. The van der Waals surface area contributed by atoms with Gasteiger partial charge in [-0.25, -0.2) is 4.98 Å². The Kier molecular flexibility index (Phi) is 3.41. The Bertz CT molecular complexity index is 360. The van der Waals surface area contributed by atoms with Gasteiger partial charge in [-0.15, -0.1) is 0 Å². The normalized spacial score (nSPS) is 14.4. The summed E-state index contributed by atoms with van der Waals surface area (Å²) in [5, 5.41) is 10.7. The quantitative estimate of drug-likeness (QED) is 0.436. The molecule has 1 aliphatic rings. The Morgan fingerprint density at radius 2 is 2.21 bits per heavy atom. The Morgan fingerprint density at radius 1 is 1.50 bits per heavy atom. The van der Waals surface area contributed by atoms with E-state index in [1.165, 1.54) is 0 Å². The van der Waals surface area contributed by atoms with E-state index < -0.39 is 5.97 Å². The average molecular weight is 186 g/mol. The number of carboxylic acid groups (broad SMARTS) is 1. The number of carbonyl (C=O) groups excluding carboxylic acids is 1. The molecule has 0 amide bonds. The van der Waals surface area contributed by atoms with Crippen molar-refractivity contribution in [1.29, 1.82) is 0 Å². The third-order valence-electron chi connectivity index (χ3n) is 2.53. The summed E-state index contributed by atoms with van der Waals surface area (Å²) in [5.74, 6) is -0.276. The predicted octanol–water partition coefficient (Wildman–Crippen LogP) is -3.10. The van der Waals surface area contributed by atoms with Crippen LogP contribution in [0.3, 0.4) is 0 Å². The number of nitrogens with zero attached hydrogens (tertiary/aromatic N) is 2. The maximum absolute atomic E-state index is 10.7. The fourth-order valence-corrected chi connectivity index (χ4v) is 1.83. The second-order valence-corrected chi connectivity index (χ2v) is 3.36. The van der Waals surface area contributed by atoms with Gasteiger partial charge >= 0.3 is 18.9 Å². The van der Waals surface area contributed by atoms with Gasteiger partial charge in [-0.05, 0) is 19.8 Å². The molecule has 1 aliphatic heterocycles. The van der Waals surface area contributed by atoms with E-state index in [1.54, 1.807) is 6.92 Å². The van der Waals surface area contributed by atoms with Gasteiger partial charge in [0, 0.05) is 18.7 Å². The van der Waals surface area contributed by atoms with E-state index in [-0.39, 0.29) is 24.6 Å². The van der Waals surface area contributed by atoms with Crippen LogP contribution in [0.1, 0.15) is 34.8 Å². The molecule has 5 heteroatoms. The van der Waals surface area contributed by atoms with Crippen LogP contribution in [-0.4, -0.2) is 15.5 Å². The number of aromatic carboxylic acids is 1. The Morgan fingerprint density at radius 3 is 2.79 bits per heavy atom. The predicted molar refractivity (Wildman–Crippen MR) is 44.2 cm³/mol. The maximum Gasteiger partial charge on any atom is 1.00 e. The molecule has 4 nitrogen and oxygen atoms in total. The molecule has 0 aromatic carbocycles. The molecule has 0 saturated carbocycles. The van der Waals surface area contributed by atoms with Gasteiger partial charge in [-0.2, -0.15) is 0 Å². The molecule has 0 saturated heterocycles. The molecular weight excluding hydrogens is 175 g/mol. The number of carboxylic acids is 1. The van der Waals surface area contributed by atoms with Crippen molar-refractivity contribution in [3.8, 4) is 0 Å². The monoisotopic (exact) mass is 186 g/mol. The number of rotatable bonds is 1. The van der Waals surface area contributed by atoms with E-state index in [4.69, 9.17) is 0 Å². The summed E-state index contributed by atoms with van der Waals surface area (Å²) in [5.41, 5.74) is 0.839. The molecule has 1 aromatic heterocycles. The van der Waals surface area contributed by atoms with Gasteiger partial charge in [0.25, 0.3) is 0 Å². The van der Waals surface area contributed by atoms with Crippen molar-refractivity contribution in [2.75, 3.05) is 0 Å². The third kappa shape index (κ3) is 1.73. The van der Waals surface area contributed by atoms with Gasteiger partial charge in [0.05, 0.1) is 5.97 Å². The van der Waals surface area contributed by atoms with Gasteiger partial charge < -0.3 is 14.5 Å². The largest absolute Gasteiger partial charge is 1.00 e. The van der Waals surface area contributed by atoms with Crippen LogP contribution in [0.4, 0.5) is 0 Å². The fourth-order valence-electron chi connectivity index (χ4n) is 1.83. The second-order valence-electron chi connectivity index (χ2n) is 3.36. The van der Waals surface area contributed by atoms with Crippen LogP contribution in [0.15, 0.2) is 0 Å². The Labute approximate surface area is 94.5 Å². The summed E-state index contributed by atoms with van der Waals surface area (Å²) in [7, 11) is 0. The molecule has 2 heterocycles. The van der Waals surface area contributed by atoms with E-state index >= 15 is 0 Å². The first kappa shape index (κ1) is 11.4. The molecule has 0 atom stereocenters. The van der Waals surface area contributed by atoms with Gasteiger partial charge in [0.2, 0.25) is 0 Å². The number of hydrogen-bond acceptors (Lipinski definition) is 3. The number of fused-ring (bicyclic) bond motifs is 1. The van der Waals surface area contributed by atoms with Crippen LogP contribution in [0.2, 0.25) is 0 Å². The molecule has 0 spiro atoms. The minimum absolute atomic E-state index is 0. The van der Waals surface area contributed by atoms with Crippen molar-refractivity contribution in [3.05, 3.63) is 17.2 Å². The average Bonchev–Trinajstić information content (AvgIpc) is 2.45. The maximum atomic E-state index is 10.7. The van der Waals surface area contributed by atoms with Crippen molar-refractivity contribution >= 4 is 5.97 Å². The first-order valence-electron chi connectivity index (χ1n) is 4.47.